The van der Waals surface area contributed by atoms with Gasteiger partial charge in [0.05, 0.1) is 0 Å². The Morgan fingerprint density at radius 1 is 1.33 bits per heavy atom. The zero-order valence-corrected chi connectivity index (χ0v) is 14.3. The van der Waals surface area contributed by atoms with Crippen molar-refractivity contribution in [3.63, 3.8) is 0 Å². The molecule has 0 aliphatic heterocycles. The Bertz CT molecular complexity index is 144. The van der Waals surface area contributed by atoms with Gasteiger partial charge in [0.25, 0.3) is 10.1 Å². The number of rotatable bonds is 1. The standard InChI is InChI=1S/CH2I2O3S.Na.Pb.3H/c2-1(3)7(4,5)6;;;;;/h1H,(H,4,5,6);;;;;. The van der Waals surface area contributed by atoms with Gasteiger partial charge < -0.3 is 0 Å². The predicted octanol–water partition coefficient (Wildman–Crippen LogP) is -0.537. The van der Waals surface area contributed by atoms with E-state index in [1.165, 1.54) is 0 Å². The van der Waals surface area contributed by atoms with E-state index >= 15 is 0 Å². The summed E-state index contributed by atoms with van der Waals surface area (Å²) < 4.78 is 27.1. The molecule has 1 N–H and O–H groups in total. The van der Waals surface area contributed by atoms with Crippen molar-refractivity contribution in [2.24, 2.45) is 0 Å². The Morgan fingerprint density at radius 2 is 1.44 bits per heavy atom. The fourth-order valence-electron chi connectivity index (χ4n) is 0. The third-order valence-corrected chi connectivity index (χ3v) is 4.53. The SMILES string of the molecule is O=S(=O)(O)C(I)I.[NaH].[PbH2]. The van der Waals surface area contributed by atoms with E-state index in [1.54, 1.807) is 45.2 Å². The van der Waals surface area contributed by atoms with Crippen LogP contribution in [0.4, 0.5) is 0 Å². The van der Waals surface area contributed by atoms with Crippen LogP contribution in [0.15, 0.2) is 0 Å². The van der Waals surface area contributed by atoms with Gasteiger partial charge in [0, 0.05) is 0 Å². The fraction of sp³-hybridized carbons (Fsp3) is 1.00. The number of hydrogen-bond acceptors (Lipinski definition) is 2. The summed E-state index contributed by atoms with van der Waals surface area (Å²) in [5.74, 6) is 0. The molecule has 0 spiro atoms. The van der Waals surface area contributed by atoms with Gasteiger partial charge >= 0.3 is 56.9 Å². The molecule has 0 amide bonds. The molecule has 0 aromatic carbocycles. The Balaban J connectivity index is -0.000000180. The average Bonchev–Trinajstić information content (AvgIpc) is 1.31. The molecule has 52 valence electrons. The van der Waals surface area contributed by atoms with Crippen molar-refractivity contribution in [2.45, 2.75) is 1.26 Å². The molecule has 2 radical (unpaired) electrons. The van der Waals surface area contributed by atoms with Crippen molar-refractivity contribution < 1.29 is 13.0 Å². The molecule has 9 heavy (non-hydrogen) atoms. The van der Waals surface area contributed by atoms with E-state index in [0.717, 1.165) is 0 Å². The van der Waals surface area contributed by atoms with Gasteiger partial charge in [0.15, 0.2) is 1.26 Å². The van der Waals surface area contributed by atoms with Gasteiger partial charge in [-0.3, -0.25) is 4.55 Å². The van der Waals surface area contributed by atoms with Crippen LogP contribution in [0.2, 0.25) is 0 Å². The van der Waals surface area contributed by atoms with E-state index < -0.39 is 11.4 Å². The van der Waals surface area contributed by atoms with E-state index in [9.17, 15) is 8.42 Å². The summed E-state index contributed by atoms with van der Waals surface area (Å²) in [5, 5.41) is 0. The van der Waals surface area contributed by atoms with Gasteiger partial charge in [-0.25, -0.2) is 0 Å². The Kier molecular flexibility index (Phi) is 16.0. The van der Waals surface area contributed by atoms with Crippen LogP contribution >= 0.6 is 45.2 Å². The summed E-state index contributed by atoms with van der Waals surface area (Å²) in [6.45, 7) is 0. The second-order valence-electron chi connectivity index (χ2n) is 0.776. The minimum atomic E-state index is -3.77. The van der Waals surface area contributed by atoms with Gasteiger partial charge in [-0.1, -0.05) is 45.2 Å². The third kappa shape index (κ3) is 11.3. The zero-order chi connectivity index (χ0) is 6.08. The molecule has 0 atom stereocenters. The van der Waals surface area contributed by atoms with E-state index in [0.29, 0.717) is 0 Å². The number of halogens is 2. The molecule has 0 saturated heterocycles. The number of hydrogen-bond donors (Lipinski definition) is 1. The van der Waals surface area contributed by atoms with Crippen molar-refractivity contribution in [3.05, 3.63) is 0 Å². The summed E-state index contributed by atoms with van der Waals surface area (Å²) in [5.41, 5.74) is 0. The van der Waals surface area contributed by atoms with Gasteiger partial charge in [0.2, 0.25) is 0 Å². The zero-order valence-electron chi connectivity index (χ0n) is 3.71. The molecule has 0 bridgehead atoms. The van der Waals surface area contributed by atoms with Gasteiger partial charge in [0.1, 0.15) is 0 Å². The summed E-state index contributed by atoms with van der Waals surface area (Å²) in [6, 6.07) is 0. The van der Waals surface area contributed by atoms with E-state index in [-0.39, 0.29) is 56.9 Å². The van der Waals surface area contributed by atoms with Crippen LogP contribution in [0.25, 0.3) is 0 Å². The van der Waals surface area contributed by atoms with E-state index in [1.807, 2.05) is 0 Å². The molecule has 0 heterocycles. The quantitative estimate of drug-likeness (QED) is 0.196. The van der Waals surface area contributed by atoms with Crippen LogP contribution in [-0.2, 0) is 10.1 Å². The molecule has 0 unspecified atom stereocenters. The monoisotopic (exact) mass is 582 g/mol. The summed E-state index contributed by atoms with van der Waals surface area (Å²) in [7, 11) is -3.77. The topological polar surface area (TPSA) is 54.4 Å². The van der Waals surface area contributed by atoms with Gasteiger partial charge in [-0.05, 0) is 0 Å². The van der Waals surface area contributed by atoms with Crippen LogP contribution in [0.1, 0.15) is 0 Å². The molecule has 0 fully saturated rings. The summed E-state index contributed by atoms with van der Waals surface area (Å²) in [6.07, 6.45) is 0. The maximum atomic E-state index is 9.87. The summed E-state index contributed by atoms with van der Waals surface area (Å²) >= 11 is 3.20. The maximum absolute atomic E-state index is 9.87. The Hall–Kier alpha value is 3.29. The molecule has 0 saturated carbocycles. The first-order chi connectivity index (χ1) is 2.94. The van der Waals surface area contributed by atoms with Crippen molar-refractivity contribution >= 4 is 112 Å². The molecule has 0 aliphatic rings. The van der Waals surface area contributed by atoms with E-state index in [4.69, 9.17) is 4.55 Å². The molecular formula is CH5I2NaO3PbS. The molecule has 8 heteroatoms. The molecule has 0 aromatic rings. The fourth-order valence-corrected chi connectivity index (χ4v) is 0. The van der Waals surface area contributed by atoms with Crippen LogP contribution in [0, 0.1) is 0 Å². The van der Waals surface area contributed by atoms with Crippen molar-refractivity contribution in [3.8, 4) is 0 Å². The second-order valence-corrected chi connectivity index (χ2v) is 8.84. The van der Waals surface area contributed by atoms with Crippen molar-refractivity contribution in [1.82, 2.24) is 0 Å². The van der Waals surface area contributed by atoms with Gasteiger partial charge in [-0.15, -0.1) is 0 Å². The molecule has 0 aliphatic carbocycles. The number of alkyl halides is 2. The van der Waals surface area contributed by atoms with E-state index in [2.05, 4.69) is 0 Å². The van der Waals surface area contributed by atoms with Crippen LogP contribution in [-0.4, -0.2) is 71.1 Å². The second kappa shape index (κ2) is 7.92. The Labute approximate surface area is 124 Å². The first-order valence-corrected chi connectivity index (χ1v) is 5.18. The third-order valence-electron chi connectivity index (χ3n) is 0.225. The van der Waals surface area contributed by atoms with Crippen molar-refractivity contribution in [2.75, 3.05) is 0 Å². The predicted molar refractivity (Wildman–Crippen MR) is 59.1 cm³/mol. The Morgan fingerprint density at radius 3 is 1.44 bits per heavy atom. The first kappa shape index (κ1) is 18.2. The van der Waals surface area contributed by atoms with Crippen molar-refractivity contribution in [1.29, 1.82) is 0 Å². The van der Waals surface area contributed by atoms with Crippen LogP contribution < -0.4 is 0 Å². The van der Waals surface area contributed by atoms with Crippen LogP contribution in [0.3, 0.4) is 0 Å². The van der Waals surface area contributed by atoms with Gasteiger partial charge in [-0.2, -0.15) is 8.42 Å². The first-order valence-electron chi connectivity index (χ1n) is 1.19. The summed E-state index contributed by atoms with van der Waals surface area (Å²) in [4.78, 5) is 0. The molecule has 0 rings (SSSR count). The molecular weight excluding hydrogens is 576 g/mol. The normalized spacial score (nSPS) is 9.78. The average molecular weight is 581 g/mol. The molecule has 0 aromatic heterocycles. The molecule has 3 nitrogen and oxygen atoms in total. The minimum absolute atomic E-state index is 0. The van der Waals surface area contributed by atoms with Crippen LogP contribution in [0.5, 0.6) is 0 Å².